The number of halogens is 2. The van der Waals surface area contributed by atoms with Crippen LogP contribution in [0, 0.1) is 11.6 Å². The quantitative estimate of drug-likeness (QED) is 0.758. The van der Waals surface area contributed by atoms with E-state index in [0.717, 1.165) is 24.3 Å². The number of nitrogens with one attached hydrogen (secondary N) is 1. The zero-order valence-corrected chi connectivity index (χ0v) is 10.6. The molecule has 0 unspecified atom stereocenters. The SMILES string of the molecule is Nc1ccc(NC(=O)c2cc(F)ccc2F)c(C(=O)O)c1. The first kappa shape index (κ1) is 14.4. The van der Waals surface area contributed by atoms with Gasteiger partial charge in [0.15, 0.2) is 0 Å². The molecule has 0 aliphatic carbocycles. The van der Waals surface area contributed by atoms with Crippen LogP contribution in [-0.2, 0) is 0 Å². The molecule has 1 amide bonds. The van der Waals surface area contributed by atoms with E-state index in [2.05, 4.69) is 5.32 Å². The Morgan fingerprint density at radius 3 is 2.43 bits per heavy atom. The van der Waals surface area contributed by atoms with Crippen LogP contribution >= 0.6 is 0 Å². The van der Waals surface area contributed by atoms with Crippen molar-refractivity contribution < 1.29 is 23.5 Å². The Balaban J connectivity index is 2.36. The van der Waals surface area contributed by atoms with Gasteiger partial charge in [0, 0.05) is 5.69 Å². The van der Waals surface area contributed by atoms with Crippen molar-refractivity contribution in [1.29, 1.82) is 0 Å². The summed E-state index contributed by atoms with van der Waals surface area (Å²) in [5, 5.41) is 11.3. The van der Waals surface area contributed by atoms with Crippen molar-refractivity contribution in [3.8, 4) is 0 Å². The van der Waals surface area contributed by atoms with Gasteiger partial charge in [-0.25, -0.2) is 13.6 Å². The lowest BCUT2D eigenvalue weighted by atomic mass is 10.1. The largest absolute Gasteiger partial charge is 0.478 e. The maximum Gasteiger partial charge on any atom is 0.337 e. The molecule has 21 heavy (non-hydrogen) atoms. The van der Waals surface area contributed by atoms with Crippen LogP contribution in [0.4, 0.5) is 20.2 Å². The van der Waals surface area contributed by atoms with Crippen molar-refractivity contribution in [3.05, 3.63) is 59.2 Å². The fourth-order valence-electron chi connectivity index (χ4n) is 1.71. The zero-order valence-electron chi connectivity index (χ0n) is 10.6. The Morgan fingerprint density at radius 1 is 1.05 bits per heavy atom. The predicted octanol–water partition coefficient (Wildman–Crippen LogP) is 2.50. The molecule has 0 heterocycles. The molecule has 2 rings (SSSR count). The molecule has 0 atom stereocenters. The number of carbonyl (C=O) groups excluding carboxylic acids is 1. The van der Waals surface area contributed by atoms with E-state index >= 15 is 0 Å². The number of amides is 1. The number of carboxylic acid groups (broad SMARTS) is 1. The lowest BCUT2D eigenvalue weighted by Crippen LogP contribution is -2.16. The van der Waals surface area contributed by atoms with Gasteiger partial charge < -0.3 is 16.2 Å². The summed E-state index contributed by atoms with van der Waals surface area (Å²) in [4.78, 5) is 23.0. The summed E-state index contributed by atoms with van der Waals surface area (Å²) < 4.78 is 26.5. The van der Waals surface area contributed by atoms with E-state index in [1.807, 2.05) is 0 Å². The van der Waals surface area contributed by atoms with E-state index in [4.69, 9.17) is 10.8 Å². The van der Waals surface area contributed by atoms with Gasteiger partial charge in [0.1, 0.15) is 11.6 Å². The fraction of sp³-hybridized carbons (Fsp3) is 0. The van der Waals surface area contributed by atoms with E-state index in [1.165, 1.54) is 12.1 Å². The Hall–Kier alpha value is -2.96. The minimum atomic E-state index is -1.31. The number of aromatic carboxylic acids is 1. The third kappa shape index (κ3) is 3.14. The number of benzene rings is 2. The van der Waals surface area contributed by atoms with Gasteiger partial charge >= 0.3 is 5.97 Å². The molecule has 0 bridgehead atoms. The fourth-order valence-corrected chi connectivity index (χ4v) is 1.71. The first-order valence-electron chi connectivity index (χ1n) is 5.77. The van der Waals surface area contributed by atoms with Crippen LogP contribution in [0.2, 0.25) is 0 Å². The van der Waals surface area contributed by atoms with Gasteiger partial charge in [-0.3, -0.25) is 4.79 Å². The summed E-state index contributed by atoms with van der Waals surface area (Å²) in [6, 6.07) is 6.21. The molecule has 0 aliphatic rings. The van der Waals surface area contributed by atoms with Crippen LogP contribution < -0.4 is 11.1 Å². The van der Waals surface area contributed by atoms with Crippen LogP contribution in [0.3, 0.4) is 0 Å². The molecule has 0 spiro atoms. The number of carbonyl (C=O) groups is 2. The number of anilines is 2. The number of nitrogens with two attached hydrogens (primary N) is 1. The highest BCUT2D eigenvalue weighted by Crippen LogP contribution is 2.20. The van der Waals surface area contributed by atoms with Crippen LogP contribution in [0.5, 0.6) is 0 Å². The maximum absolute atomic E-state index is 13.5. The molecule has 0 aliphatic heterocycles. The van der Waals surface area contributed by atoms with Crippen molar-refractivity contribution in [2.75, 3.05) is 11.1 Å². The van der Waals surface area contributed by atoms with Gasteiger partial charge in [-0.2, -0.15) is 0 Å². The molecule has 5 nitrogen and oxygen atoms in total. The average Bonchev–Trinajstić information content (AvgIpc) is 2.43. The molecule has 0 aromatic heterocycles. The molecule has 7 heteroatoms. The molecule has 0 radical (unpaired) electrons. The second kappa shape index (κ2) is 5.58. The van der Waals surface area contributed by atoms with Crippen molar-refractivity contribution >= 4 is 23.3 Å². The zero-order chi connectivity index (χ0) is 15.6. The summed E-state index contributed by atoms with van der Waals surface area (Å²) in [6.07, 6.45) is 0. The van der Waals surface area contributed by atoms with Crippen molar-refractivity contribution in [2.24, 2.45) is 0 Å². The molecule has 2 aromatic rings. The first-order chi connectivity index (χ1) is 9.88. The third-order valence-electron chi connectivity index (χ3n) is 2.70. The van der Waals surface area contributed by atoms with Gasteiger partial charge in [-0.15, -0.1) is 0 Å². The summed E-state index contributed by atoms with van der Waals surface area (Å²) in [5.74, 6) is -3.96. The monoisotopic (exact) mass is 292 g/mol. The molecule has 4 N–H and O–H groups in total. The van der Waals surface area contributed by atoms with E-state index in [-0.39, 0.29) is 16.9 Å². The van der Waals surface area contributed by atoms with E-state index < -0.39 is 29.1 Å². The number of hydrogen-bond acceptors (Lipinski definition) is 3. The second-order valence-corrected chi connectivity index (χ2v) is 4.19. The summed E-state index contributed by atoms with van der Waals surface area (Å²) >= 11 is 0. The Labute approximate surface area is 118 Å². The highest BCUT2D eigenvalue weighted by molar-refractivity contribution is 6.08. The van der Waals surface area contributed by atoms with Gasteiger partial charge in [0.05, 0.1) is 16.8 Å². The molecular formula is C14H10F2N2O3. The topological polar surface area (TPSA) is 92.4 Å². The van der Waals surface area contributed by atoms with E-state index in [9.17, 15) is 18.4 Å². The van der Waals surface area contributed by atoms with Crippen LogP contribution in [-0.4, -0.2) is 17.0 Å². The van der Waals surface area contributed by atoms with E-state index in [0.29, 0.717) is 0 Å². The lowest BCUT2D eigenvalue weighted by Gasteiger charge is -2.10. The van der Waals surface area contributed by atoms with Crippen LogP contribution in [0.15, 0.2) is 36.4 Å². The minimum Gasteiger partial charge on any atom is -0.478 e. The molecule has 0 saturated heterocycles. The van der Waals surface area contributed by atoms with Gasteiger partial charge in [0.2, 0.25) is 0 Å². The van der Waals surface area contributed by atoms with Crippen LogP contribution in [0.25, 0.3) is 0 Å². The summed E-state index contributed by atoms with van der Waals surface area (Å²) in [6.45, 7) is 0. The third-order valence-corrected chi connectivity index (χ3v) is 2.70. The molecule has 108 valence electrons. The Kier molecular flexibility index (Phi) is 3.84. The average molecular weight is 292 g/mol. The smallest absolute Gasteiger partial charge is 0.337 e. The molecule has 2 aromatic carbocycles. The lowest BCUT2D eigenvalue weighted by molar-refractivity contribution is 0.0698. The van der Waals surface area contributed by atoms with Crippen molar-refractivity contribution in [1.82, 2.24) is 0 Å². The van der Waals surface area contributed by atoms with Crippen molar-refractivity contribution in [2.45, 2.75) is 0 Å². The molecule has 0 saturated carbocycles. The normalized spacial score (nSPS) is 10.2. The number of nitrogen functional groups attached to an aromatic ring is 1. The number of carboxylic acids is 1. The summed E-state index contributed by atoms with van der Waals surface area (Å²) in [5.41, 5.74) is 4.82. The predicted molar refractivity (Wildman–Crippen MR) is 72.1 cm³/mol. The summed E-state index contributed by atoms with van der Waals surface area (Å²) in [7, 11) is 0. The number of hydrogen-bond donors (Lipinski definition) is 3. The standard InChI is InChI=1S/C14H10F2N2O3/c15-7-1-3-11(16)9(5-7)13(19)18-12-4-2-8(17)6-10(12)14(20)21/h1-6H,17H2,(H,18,19)(H,20,21). The van der Waals surface area contributed by atoms with Gasteiger partial charge in [-0.1, -0.05) is 0 Å². The van der Waals surface area contributed by atoms with E-state index in [1.54, 1.807) is 0 Å². The van der Waals surface area contributed by atoms with Crippen molar-refractivity contribution in [3.63, 3.8) is 0 Å². The maximum atomic E-state index is 13.5. The number of rotatable bonds is 3. The highest BCUT2D eigenvalue weighted by atomic mass is 19.1. The molecule has 0 fully saturated rings. The molecular weight excluding hydrogens is 282 g/mol. The Bertz CT molecular complexity index is 732. The minimum absolute atomic E-state index is 0.0645. The van der Waals surface area contributed by atoms with Crippen LogP contribution in [0.1, 0.15) is 20.7 Å². The Morgan fingerprint density at radius 2 is 1.76 bits per heavy atom. The highest BCUT2D eigenvalue weighted by Gasteiger charge is 2.17. The van der Waals surface area contributed by atoms with Gasteiger partial charge in [0.25, 0.3) is 5.91 Å². The first-order valence-corrected chi connectivity index (χ1v) is 5.77. The second-order valence-electron chi connectivity index (χ2n) is 4.19. The van der Waals surface area contributed by atoms with Gasteiger partial charge in [-0.05, 0) is 36.4 Å².